The van der Waals surface area contributed by atoms with E-state index in [2.05, 4.69) is 26.3 Å². The van der Waals surface area contributed by atoms with Crippen LogP contribution in [0.4, 0.5) is 0 Å². The average molecular weight is 705 g/mol. The van der Waals surface area contributed by atoms with Crippen molar-refractivity contribution in [1.29, 1.82) is 0 Å². The number of aliphatic carboxylic acids is 1. The second-order valence-corrected chi connectivity index (χ2v) is 14.2. The van der Waals surface area contributed by atoms with Gasteiger partial charge in [-0.2, -0.15) is 0 Å². The third-order valence-corrected chi connectivity index (χ3v) is 10.0. The quantitative estimate of drug-likeness (QED) is 0.0519. The van der Waals surface area contributed by atoms with Gasteiger partial charge in [-0.05, 0) is 26.7 Å². The molecule has 1 saturated heterocycles. The fourth-order valence-corrected chi connectivity index (χ4v) is 7.11. The van der Waals surface area contributed by atoms with Crippen LogP contribution in [-0.4, -0.2) is 137 Å². The molecule has 7 amide bonds. The second kappa shape index (κ2) is 18.8. The normalized spacial score (nSPS) is 23.9. The van der Waals surface area contributed by atoms with Gasteiger partial charge < -0.3 is 53.4 Å². The van der Waals surface area contributed by atoms with Crippen LogP contribution in [-0.2, 0) is 38.4 Å². The van der Waals surface area contributed by atoms with E-state index in [-0.39, 0.29) is 31.1 Å². The molecule has 264 valence electrons. The molecule has 0 unspecified atom stereocenters. The largest absolute Gasteiger partial charge is 0.481 e. The van der Waals surface area contributed by atoms with Crippen molar-refractivity contribution >= 4 is 74.9 Å². The summed E-state index contributed by atoms with van der Waals surface area (Å²) < 4.78 is -1.15. The molecule has 0 bridgehead atoms. The molecule has 21 heteroatoms. The molecule has 0 aromatic rings. The first kappa shape index (κ1) is 40.8. The van der Waals surface area contributed by atoms with E-state index in [0.29, 0.717) is 0 Å². The average Bonchev–Trinajstić information content (AvgIpc) is 2.95. The van der Waals surface area contributed by atoms with Crippen LogP contribution < -0.4 is 38.5 Å². The highest BCUT2D eigenvalue weighted by molar-refractivity contribution is 8.77. The van der Waals surface area contributed by atoms with Gasteiger partial charge in [0.15, 0.2) is 5.96 Å². The minimum Gasteiger partial charge on any atom is -0.481 e. The Morgan fingerprint density at radius 3 is 2.26 bits per heavy atom. The number of aliphatic imine (C=N–C) groups is 1. The molecule has 0 aromatic heterocycles. The highest BCUT2D eigenvalue weighted by Crippen LogP contribution is 2.38. The molecule has 0 saturated carbocycles. The lowest BCUT2D eigenvalue weighted by atomic mass is 10.0. The number of hydrogen-bond donors (Lipinski definition) is 8. The lowest BCUT2D eigenvalue weighted by Crippen LogP contribution is -2.60. The number of guanidine groups is 1. The van der Waals surface area contributed by atoms with Crippen molar-refractivity contribution in [2.45, 2.75) is 68.9 Å². The molecule has 0 radical (unpaired) electrons. The summed E-state index contributed by atoms with van der Waals surface area (Å²) in [5.41, 5.74) is 16.3. The zero-order valence-electron chi connectivity index (χ0n) is 26.9. The molecule has 0 aliphatic carbocycles. The van der Waals surface area contributed by atoms with Gasteiger partial charge in [0, 0.05) is 38.1 Å². The van der Waals surface area contributed by atoms with Crippen LogP contribution in [0.15, 0.2) is 4.99 Å². The van der Waals surface area contributed by atoms with Crippen LogP contribution >= 0.6 is 21.6 Å². The van der Waals surface area contributed by atoms with E-state index in [1.807, 2.05) is 0 Å². The fraction of sp³-hybridized carbons (Fsp3) is 0.654. The number of likely N-dealkylation sites (N-methyl/N-ethyl adjacent to an activating group) is 2. The molecule has 1 rings (SSSR count). The van der Waals surface area contributed by atoms with Gasteiger partial charge in [-0.1, -0.05) is 21.6 Å². The van der Waals surface area contributed by atoms with Crippen LogP contribution in [0, 0.1) is 0 Å². The van der Waals surface area contributed by atoms with E-state index in [9.17, 15) is 43.5 Å². The minimum atomic E-state index is -1.66. The first-order chi connectivity index (χ1) is 21.8. The van der Waals surface area contributed by atoms with E-state index < -0.39 is 95.7 Å². The summed E-state index contributed by atoms with van der Waals surface area (Å²) in [5.74, 6) is -7.14. The Morgan fingerprint density at radius 2 is 1.70 bits per heavy atom. The number of carboxylic acid groups (broad SMARTS) is 1. The smallest absolute Gasteiger partial charge is 0.305 e. The summed E-state index contributed by atoms with van der Waals surface area (Å²) >= 11 is 0. The van der Waals surface area contributed by atoms with E-state index >= 15 is 0 Å². The SMILES string of the molecule is CC(=O)N[C@H]1CSSC(C)(C)[C@@H](C(N)=O)NC(=O)[C@H](CC(=O)O)NC(=O)CNC(=O)[C@H](CCCN=C(N)N)N(C)C(=O)CN(C)C1=O. The fourth-order valence-electron chi connectivity index (χ4n) is 4.29. The van der Waals surface area contributed by atoms with Crippen LogP contribution in [0.3, 0.4) is 0 Å². The Balaban J connectivity index is 3.50. The maximum absolute atomic E-state index is 13.3. The van der Waals surface area contributed by atoms with Crippen molar-refractivity contribution in [2.75, 3.05) is 39.5 Å². The predicted octanol–water partition coefficient (Wildman–Crippen LogP) is -3.95. The molecule has 0 aromatic carbocycles. The number of nitrogens with one attached hydrogen (secondary N) is 4. The summed E-state index contributed by atoms with van der Waals surface area (Å²) in [6, 6.07) is -5.30. The first-order valence-electron chi connectivity index (χ1n) is 14.3. The highest BCUT2D eigenvalue weighted by atomic mass is 33.1. The van der Waals surface area contributed by atoms with Gasteiger partial charge in [-0.25, -0.2) is 0 Å². The number of carbonyl (C=O) groups is 8. The predicted molar refractivity (Wildman–Crippen MR) is 174 cm³/mol. The molecule has 11 N–H and O–H groups in total. The lowest BCUT2D eigenvalue weighted by molar-refractivity contribution is -0.144. The van der Waals surface area contributed by atoms with Gasteiger partial charge in [0.25, 0.3) is 0 Å². The molecule has 1 heterocycles. The number of amides is 7. The standard InChI is InChI=1S/C26H44N10O9S2/c1-13(37)32-15-12-46-47-26(2,3)20(21(27)42)34-22(43)14(9-19(40)41)33-17(38)10-31-23(44)16(7-6-8-30-25(28)29)36(5)18(39)11-35(4)24(15)45/h14-16,20H,6-12H2,1-5H3,(H2,27,42)(H,31,44)(H,32,37)(H,33,38)(H,34,43)(H,40,41)(H4,28,29,30)/t14-,15-,16-,20+/m0/s1. The molecule has 19 nitrogen and oxygen atoms in total. The van der Waals surface area contributed by atoms with Crippen LogP contribution in [0.5, 0.6) is 0 Å². The maximum atomic E-state index is 13.3. The number of nitrogens with two attached hydrogens (primary N) is 3. The molecular weight excluding hydrogens is 660 g/mol. The molecular formula is C26H44N10O9S2. The molecule has 1 aliphatic rings. The van der Waals surface area contributed by atoms with E-state index in [0.717, 1.165) is 31.4 Å². The number of hydrogen-bond acceptors (Lipinski definition) is 11. The lowest BCUT2D eigenvalue weighted by Gasteiger charge is -2.33. The molecule has 1 aliphatic heterocycles. The topological polar surface area (TPSA) is 302 Å². The van der Waals surface area contributed by atoms with Crippen molar-refractivity contribution in [3.8, 4) is 0 Å². The Hall–Kier alpha value is -4.27. The van der Waals surface area contributed by atoms with E-state index in [1.165, 1.54) is 21.0 Å². The second-order valence-electron chi connectivity index (χ2n) is 11.2. The van der Waals surface area contributed by atoms with Gasteiger partial charge >= 0.3 is 5.97 Å². The third kappa shape index (κ3) is 13.9. The zero-order valence-corrected chi connectivity index (χ0v) is 28.5. The zero-order chi connectivity index (χ0) is 36.1. The summed E-state index contributed by atoms with van der Waals surface area (Å²) in [4.78, 5) is 108. The summed E-state index contributed by atoms with van der Waals surface area (Å²) in [6.45, 7) is 3.28. The molecule has 1 fully saturated rings. The van der Waals surface area contributed by atoms with Gasteiger partial charge in [0.05, 0.1) is 19.5 Å². The van der Waals surface area contributed by atoms with Crippen molar-refractivity contribution in [3.63, 3.8) is 0 Å². The van der Waals surface area contributed by atoms with Gasteiger partial charge in [0.2, 0.25) is 41.4 Å². The molecule has 0 spiro atoms. The van der Waals surface area contributed by atoms with Crippen LogP contribution in [0.2, 0.25) is 0 Å². The van der Waals surface area contributed by atoms with E-state index in [1.54, 1.807) is 13.8 Å². The monoisotopic (exact) mass is 704 g/mol. The Kier molecular flexibility index (Phi) is 16.3. The first-order valence-corrected chi connectivity index (χ1v) is 16.6. The Bertz CT molecular complexity index is 1250. The van der Waals surface area contributed by atoms with Crippen molar-refractivity contribution in [1.82, 2.24) is 31.1 Å². The van der Waals surface area contributed by atoms with Crippen molar-refractivity contribution in [3.05, 3.63) is 0 Å². The van der Waals surface area contributed by atoms with Crippen molar-refractivity contribution < 1.29 is 43.5 Å². The number of carbonyl (C=O) groups excluding carboxylic acids is 7. The Morgan fingerprint density at radius 1 is 1.06 bits per heavy atom. The van der Waals surface area contributed by atoms with Gasteiger partial charge in [0.1, 0.15) is 24.2 Å². The number of carboxylic acids is 1. The maximum Gasteiger partial charge on any atom is 0.305 e. The van der Waals surface area contributed by atoms with Gasteiger partial charge in [-0.3, -0.25) is 43.3 Å². The van der Waals surface area contributed by atoms with E-state index in [4.69, 9.17) is 17.2 Å². The van der Waals surface area contributed by atoms with Crippen LogP contribution in [0.25, 0.3) is 0 Å². The molecule has 4 atom stereocenters. The number of nitrogens with zero attached hydrogens (tertiary/aromatic N) is 3. The van der Waals surface area contributed by atoms with Crippen LogP contribution in [0.1, 0.15) is 40.0 Å². The Labute approximate surface area is 279 Å². The van der Waals surface area contributed by atoms with Gasteiger partial charge in [-0.15, -0.1) is 0 Å². The third-order valence-electron chi connectivity index (χ3n) is 6.75. The number of rotatable bonds is 8. The summed E-state index contributed by atoms with van der Waals surface area (Å²) in [6.07, 6.45) is -0.578. The highest BCUT2D eigenvalue weighted by Gasteiger charge is 2.39. The van der Waals surface area contributed by atoms with Crippen molar-refractivity contribution in [2.24, 2.45) is 22.2 Å². The number of primary amides is 1. The summed E-state index contributed by atoms with van der Waals surface area (Å²) in [5, 5.41) is 18.9. The minimum absolute atomic E-state index is 0.0339. The molecule has 47 heavy (non-hydrogen) atoms. The summed E-state index contributed by atoms with van der Waals surface area (Å²) in [7, 11) is 4.81.